The third-order valence-corrected chi connectivity index (χ3v) is 6.19. The normalized spacial score (nSPS) is 10.6. The summed E-state index contributed by atoms with van der Waals surface area (Å²) >= 11 is 0. The summed E-state index contributed by atoms with van der Waals surface area (Å²) in [6.07, 6.45) is 11.9. The Morgan fingerprint density at radius 1 is 0.541 bits per heavy atom. The lowest BCUT2D eigenvalue weighted by atomic mass is 10.1. The predicted octanol–water partition coefficient (Wildman–Crippen LogP) is 6.93. The molecule has 0 bridgehead atoms. The van der Waals surface area contributed by atoms with Gasteiger partial charge < -0.3 is 20.1 Å². The van der Waals surface area contributed by atoms with Crippen LogP contribution in [0.5, 0.6) is 11.5 Å². The van der Waals surface area contributed by atoms with Crippen LogP contribution in [-0.4, -0.2) is 38.1 Å². The minimum absolute atomic E-state index is 0.0451. The summed E-state index contributed by atoms with van der Waals surface area (Å²) in [5.41, 5.74) is 1.32. The van der Waals surface area contributed by atoms with Crippen molar-refractivity contribution in [1.82, 2.24) is 10.6 Å². The van der Waals surface area contributed by atoms with Gasteiger partial charge in [0, 0.05) is 24.2 Å². The quantitative estimate of drug-likeness (QED) is 0.189. The van der Waals surface area contributed by atoms with Crippen LogP contribution in [0.3, 0.4) is 0 Å². The number of carbonyl (C=O) groups excluding carboxylic acids is 2. The molecule has 2 aromatic rings. The Kier molecular flexibility index (Phi) is 15.6. The fourth-order valence-electron chi connectivity index (χ4n) is 3.88. The first kappa shape index (κ1) is 30.2. The lowest BCUT2D eigenvalue weighted by molar-refractivity contribution is 0.0945. The highest BCUT2D eigenvalue weighted by Gasteiger charge is 2.06. The molecule has 6 heteroatoms. The lowest BCUT2D eigenvalue weighted by Gasteiger charge is -2.09. The number of unbranched alkanes of at least 4 members (excludes halogenated alkanes) is 8. The average Bonchev–Trinajstić information content (AvgIpc) is 2.93. The molecule has 204 valence electrons. The Bertz CT molecular complexity index is 808. The standard InChI is InChI=1S/C31H46N2O4/c1-3-5-12-24-36-28-18-14-26(15-19-28)30(34)32-22-10-8-7-9-11-23-33-31(35)27-16-20-29(21-17-27)37-25-13-6-4-2/h14-21H,3-13,22-25H2,1-2H3,(H,32,34)(H,33,35). The minimum atomic E-state index is -0.0451. The van der Waals surface area contributed by atoms with E-state index in [1.54, 1.807) is 0 Å². The van der Waals surface area contributed by atoms with Crippen LogP contribution < -0.4 is 20.1 Å². The van der Waals surface area contributed by atoms with Crippen molar-refractivity contribution in [3.8, 4) is 11.5 Å². The third kappa shape index (κ3) is 13.2. The summed E-state index contributed by atoms with van der Waals surface area (Å²) < 4.78 is 11.4. The van der Waals surface area contributed by atoms with E-state index in [-0.39, 0.29) is 11.8 Å². The van der Waals surface area contributed by atoms with Gasteiger partial charge in [-0.3, -0.25) is 9.59 Å². The van der Waals surface area contributed by atoms with Crippen molar-refractivity contribution in [2.75, 3.05) is 26.3 Å². The highest BCUT2D eigenvalue weighted by molar-refractivity contribution is 5.94. The Balaban J connectivity index is 1.48. The minimum Gasteiger partial charge on any atom is -0.494 e. The summed E-state index contributed by atoms with van der Waals surface area (Å²) in [5.74, 6) is 1.53. The first-order chi connectivity index (χ1) is 18.1. The molecule has 0 radical (unpaired) electrons. The molecule has 0 atom stereocenters. The zero-order valence-corrected chi connectivity index (χ0v) is 22.9. The van der Waals surface area contributed by atoms with Gasteiger partial charge in [0.2, 0.25) is 0 Å². The topological polar surface area (TPSA) is 76.7 Å². The highest BCUT2D eigenvalue weighted by atomic mass is 16.5. The molecule has 2 N–H and O–H groups in total. The van der Waals surface area contributed by atoms with Crippen LogP contribution in [0.4, 0.5) is 0 Å². The molecule has 0 saturated heterocycles. The summed E-state index contributed by atoms with van der Waals surface area (Å²) in [4.78, 5) is 24.6. The van der Waals surface area contributed by atoms with E-state index in [1.807, 2.05) is 48.5 Å². The zero-order valence-electron chi connectivity index (χ0n) is 22.9. The molecular formula is C31H46N2O4. The van der Waals surface area contributed by atoms with Crippen molar-refractivity contribution in [3.05, 3.63) is 59.7 Å². The van der Waals surface area contributed by atoms with Crippen LogP contribution in [0.25, 0.3) is 0 Å². The van der Waals surface area contributed by atoms with E-state index in [0.29, 0.717) is 37.4 Å². The van der Waals surface area contributed by atoms with E-state index in [1.165, 1.54) is 25.7 Å². The number of hydrogen-bond acceptors (Lipinski definition) is 4. The third-order valence-electron chi connectivity index (χ3n) is 6.19. The molecule has 6 nitrogen and oxygen atoms in total. The van der Waals surface area contributed by atoms with Crippen molar-refractivity contribution in [3.63, 3.8) is 0 Å². The van der Waals surface area contributed by atoms with Crippen LogP contribution in [0.1, 0.15) is 105 Å². The maximum atomic E-state index is 12.3. The number of nitrogens with one attached hydrogen (secondary N) is 2. The van der Waals surface area contributed by atoms with Gasteiger partial charge in [-0.25, -0.2) is 0 Å². The van der Waals surface area contributed by atoms with E-state index < -0.39 is 0 Å². The van der Waals surface area contributed by atoms with Crippen LogP contribution >= 0.6 is 0 Å². The maximum absolute atomic E-state index is 12.3. The lowest BCUT2D eigenvalue weighted by Crippen LogP contribution is -2.24. The van der Waals surface area contributed by atoms with E-state index in [0.717, 1.165) is 56.4 Å². The van der Waals surface area contributed by atoms with E-state index in [9.17, 15) is 9.59 Å². The van der Waals surface area contributed by atoms with Crippen molar-refractivity contribution >= 4 is 11.8 Å². The first-order valence-corrected chi connectivity index (χ1v) is 14.2. The number of benzene rings is 2. The molecule has 0 saturated carbocycles. The molecule has 2 amide bonds. The Labute approximate surface area is 223 Å². The van der Waals surface area contributed by atoms with Gasteiger partial charge in [-0.1, -0.05) is 58.8 Å². The van der Waals surface area contributed by atoms with Crippen LogP contribution in [0.2, 0.25) is 0 Å². The van der Waals surface area contributed by atoms with Gasteiger partial charge in [0.05, 0.1) is 13.2 Å². The molecule has 0 fully saturated rings. The molecule has 0 unspecified atom stereocenters. The Hall–Kier alpha value is -3.02. The van der Waals surface area contributed by atoms with Gasteiger partial charge in [0.1, 0.15) is 11.5 Å². The van der Waals surface area contributed by atoms with Gasteiger partial charge in [-0.2, -0.15) is 0 Å². The second kappa shape index (κ2) is 19.1. The average molecular weight is 511 g/mol. The molecule has 0 spiro atoms. The molecule has 0 aliphatic rings. The number of ether oxygens (including phenoxy) is 2. The van der Waals surface area contributed by atoms with Crippen molar-refractivity contribution in [1.29, 1.82) is 0 Å². The molecular weight excluding hydrogens is 464 g/mol. The summed E-state index contributed by atoms with van der Waals surface area (Å²) in [6, 6.07) is 14.7. The fourth-order valence-corrected chi connectivity index (χ4v) is 3.88. The first-order valence-electron chi connectivity index (χ1n) is 14.2. The molecule has 0 aliphatic carbocycles. The predicted molar refractivity (Wildman–Crippen MR) is 151 cm³/mol. The molecule has 0 heterocycles. The Morgan fingerprint density at radius 3 is 1.30 bits per heavy atom. The van der Waals surface area contributed by atoms with Gasteiger partial charge in [-0.15, -0.1) is 0 Å². The van der Waals surface area contributed by atoms with E-state index in [4.69, 9.17) is 9.47 Å². The van der Waals surface area contributed by atoms with Crippen LogP contribution in [-0.2, 0) is 0 Å². The van der Waals surface area contributed by atoms with Crippen LogP contribution in [0.15, 0.2) is 48.5 Å². The van der Waals surface area contributed by atoms with Gasteiger partial charge in [0.15, 0.2) is 0 Å². The van der Waals surface area contributed by atoms with Crippen molar-refractivity contribution < 1.29 is 19.1 Å². The Morgan fingerprint density at radius 2 is 0.919 bits per heavy atom. The van der Waals surface area contributed by atoms with Crippen molar-refractivity contribution in [2.24, 2.45) is 0 Å². The van der Waals surface area contributed by atoms with Crippen LogP contribution in [0, 0.1) is 0 Å². The number of amides is 2. The summed E-state index contributed by atoms with van der Waals surface area (Å²) in [6.45, 7) is 7.11. The number of hydrogen-bond donors (Lipinski definition) is 2. The SMILES string of the molecule is CCCCCOc1ccc(C(=O)NCCCCCCCNC(=O)c2ccc(OCCCCC)cc2)cc1. The maximum Gasteiger partial charge on any atom is 0.251 e. The molecule has 37 heavy (non-hydrogen) atoms. The monoisotopic (exact) mass is 510 g/mol. The smallest absolute Gasteiger partial charge is 0.251 e. The second-order valence-corrected chi connectivity index (χ2v) is 9.44. The second-order valence-electron chi connectivity index (χ2n) is 9.44. The molecule has 0 aromatic heterocycles. The van der Waals surface area contributed by atoms with Gasteiger partial charge in [-0.05, 0) is 74.2 Å². The van der Waals surface area contributed by atoms with Crippen molar-refractivity contribution in [2.45, 2.75) is 84.5 Å². The summed E-state index contributed by atoms with van der Waals surface area (Å²) in [7, 11) is 0. The highest BCUT2D eigenvalue weighted by Crippen LogP contribution is 2.14. The van der Waals surface area contributed by atoms with Gasteiger partial charge in [0.25, 0.3) is 11.8 Å². The van der Waals surface area contributed by atoms with Gasteiger partial charge >= 0.3 is 0 Å². The molecule has 2 rings (SSSR count). The zero-order chi connectivity index (χ0) is 26.6. The van der Waals surface area contributed by atoms with E-state index >= 15 is 0 Å². The fraction of sp³-hybridized carbons (Fsp3) is 0.548. The number of rotatable bonds is 20. The van der Waals surface area contributed by atoms with E-state index in [2.05, 4.69) is 24.5 Å². The summed E-state index contributed by atoms with van der Waals surface area (Å²) in [5, 5.41) is 5.98. The largest absolute Gasteiger partial charge is 0.494 e. The molecule has 0 aliphatic heterocycles. The number of carbonyl (C=O) groups is 2. The molecule has 2 aromatic carbocycles.